The first-order valence-electron chi connectivity index (χ1n) is 10.1. The molecule has 0 saturated heterocycles. The number of benzene rings is 2. The molecule has 2 aromatic rings. The second kappa shape index (κ2) is 11.7. The van der Waals surface area contributed by atoms with Crippen molar-refractivity contribution in [3.05, 3.63) is 53.6 Å². The van der Waals surface area contributed by atoms with Crippen molar-refractivity contribution in [2.75, 3.05) is 26.9 Å². The van der Waals surface area contributed by atoms with Gasteiger partial charge in [-0.25, -0.2) is 0 Å². The molecule has 0 heterocycles. The highest BCUT2D eigenvalue weighted by Crippen LogP contribution is 2.29. The highest BCUT2D eigenvalue weighted by molar-refractivity contribution is 5.42. The van der Waals surface area contributed by atoms with Crippen LogP contribution in [0.25, 0.3) is 0 Å². The average molecular weight is 404 g/mol. The van der Waals surface area contributed by atoms with Gasteiger partial charge in [0.25, 0.3) is 0 Å². The van der Waals surface area contributed by atoms with Crippen LogP contribution in [0, 0.1) is 0 Å². The summed E-state index contributed by atoms with van der Waals surface area (Å²) < 4.78 is 10.9. The average Bonchev–Trinajstić information content (AvgIpc) is 2.71. The van der Waals surface area contributed by atoms with Crippen LogP contribution in [0.4, 0.5) is 0 Å². The summed E-state index contributed by atoms with van der Waals surface area (Å²) in [4.78, 5) is 0. The molecule has 0 radical (unpaired) electrons. The van der Waals surface area contributed by atoms with Gasteiger partial charge in [-0.2, -0.15) is 0 Å². The van der Waals surface area contributed by atoms with Crippen molar-refractivity contribution in [3.63, 3.8) is 0 Å². The van der Waals surface area contributed by atoms with E-state index >= 15 is 0 Å². The zero-order valence-electron chi connectivity index (χ0n) is 17.4. The molecule has 2 aromatic carbocycles. The summed E-state index contributed by atoms with van der Waals surface area (Å²) in [7, 11) is 1.66. The molecular formula is C23H33NO5. The number of hydrogen-bond donors (Lipinski definition) is 4. The Hall–Kier alpha value is -2.28. The first-order valence-corrected chi connectivity index (χ1v) is 10.1. The summed E-state index contributed by atoms with van der Waals surface area (Å²) in [5, 5.41) is 32.5. The van der Waals surface area contributed by atoms with Crippen molar-refractivity contribution in [1.29, 1.82) is 0 Å². The molecule has 0 aliphatic carbocycles. The van der Waals surface area contributed by atoms with Crippen molar-refractivity contribution in [2.24, 2.45) is 0 Å². The summed E-state index contributed by atoms with van der Waals surface area (Å²) in [6, 6.07) is 12.4. The molecule has 0 fully saturated rings. The number of rotatable bonds is 13. The van der Waals surface area contributed by atoms with Gasteiger partial charge < -0.3 is 24.8 Å². The largest absolute Gasteiger partial charge is 0.504 e. The van der Waals surface area contributed by atoms with Gasteiger partial charge in [-0.05, 0) is 62.6 Å². The molecule has 0 aromatic heterocycles. The molecule has 0 aliphatic heterocycles. The molecule has 160 valence electrons. The predicted molar refractivity (Wildman–Crippen MR) is 113 cm³/mol. The molecule has 0 amide bonds. The standard InChI is InChI=1S/C23H33NO5/c1-23(27,19-9-12-21(25)22(26)17-19)24-14-5-3-4-6-15-29-16-13-18-7-10-20(28-2)11-8-18/h7-12,17,24-27H,3-6,13-16H2,1-2H3. The Morgan fingerprint density at radius 1 is 0.897 bits per heavy atom. The van der Waals surface area contributed by atoms with Crippen LogP contribution >= 0.6 is 0 Å². The summed E-state index contributed by atoms with van der Waals surface area (Å²) in [6.07, 6.45) is 4.98. The molecule has 0 saturated carbocycles. The Morgan fingerprint density at radius 3 is 2.31 bits per heavy atom. The van der Waals surface area contributed by atoms with Crippen LogP contribution in [0.3, 0.4) is 0 Å². The lowest BCUT2D eigenvalue weighted by Crippen LogP contribution is -2.39. The van der Waals surface area contributed by atoms with Crippen LogP contribution in [0.5, 0.6) is 17.2 Å². The molecule has 4 N–H and O–H groups in total. The van der Waals surface area contributed by atoms with Crippen LogP contribution in [0.1, 0.15) is 43.7 Å². The van der Waals surface area contributed by atoms with Crippen molar-refractivity contribution in [2.45, 2.75) is 44.8 Å². The molecule has 1 atom stereocenters. The van der Waals surface area contributed by atoms with Crippen molar-refractivity contribution >= 4 is 0 Å². The fourth-order valence-electron chi connectivity index (χ4n) is 3.03. The van der Waals surface area contributed by atoms with Gasteiger partial charge in [0.15, 0.2) is 11.5 Å². The van der Waals surface area contributed by atoms with E-state index in [-0.39, 0.29) is 11.5 Å². The number of hydrogen-bond acceptors (Lipinski definition) is 6. The van der Waals surface area contributed by atoms with Gasteiger partial charge in [0.2, 0.25) is 0 Å². The number of ether oxygens (including phenoxy) is 2. The minimum absolute atomic E-state index is 0.198. The van der Waals surface area contributed by atoms with E-state index in [2.05, 4.69) is 17.4 Å². The molecule has 0 bridgehead atoms. The van der Waals surface area contributed by atoms with Gasteiger partial charge in [-0.15, -0.1) is 0 Å². The topological polar surface area (TPSA) is 91.2 Å². The van der Waals surface area contributed by atoms with Crippen LogP contribution in [-0.4, -0.2) is 42.2 Å². The quantitative estimate of drug-likeness (QED) is 0.232. The molecule has 6 heteroatoms. The Morgan fingerprint density at radius 2 is 1.62 bits per heavy atom. The van der Waals surface area contributed by atoms with E-state index in [0.29, 0.717) is 12.1 Å². The lowest BCUT2D eigenvalue weighted by molar-refractivity contribution is 0.0195. The molecule has 2 rings (SSSR count). The molecular weight excluding hydrogens is 370 g/mol. The van der Waals surface area contributed by atoms with Gasteiger partial charge in [0.1, 0.15) is 11.5 Å². The monoisotopic (exact) mass is 403 g/mol. The van der Waals surface area contributed by atoms with Gasteiger partial charge >= 0.3 is 0 Å². The second-order valence-electron chi connectivity index (χ2n) is 7.33. The summed E-state index contributed by atoms with van der Waals surface area (Å²) in [6.45, 7) is 3.77. The van der Waals surface area contributed by atoms with Crippen LogP contribution in [0.15, 0.2) is 42.5 Å². The Labute approximate surface area is 173 Å². The minimum atomic E-state index is -1.25. The maximum Gasteiger partial charge on any atom is 0.157 e. The highest BCUT2D eigenvalue weighted by atomic mass is 16.5. The van der Waals surface area contributed by atoms with Gasteiger partial charge in [-0.1, -0.05) is 31.0 Å². The van der Waals surface area contributed by atoms with E-state index < -0.39 is 5.72 Å². The molecule has 0 spiro atoms. The number of unbranched alkanes of at least 4 members (excludes halogenated alkanes) is 3. The SMILES string of the molecule is COc1ccc(CCOCCCCCCNC(C)(O)c2ccc(O)c(O)c2)cc1. The van der Waals surface area contributed by atoms with Crippen LogP contribution in [0.2, 0.25) is 0 Å². The van der Waals surface area contributed by atoms with Crippen LogP contribution < -0.4 is 10.1 Å². The third-order valence-corrected chi connectivity index (χ3v) is 4.92. The normalized spacial score (nSPS) is 13.2. The predicted octanol–water partition coefficient (Wildman–Crippen LogP) is 3.68. The number of nitrogens with one attached hydrogen (secondary N) is 1. The first-order chi connectivity index (χ1) is 13.9. The zero-order chi connectivity index (χ0) is 21.1. The van der Waals surface area contributed by atoms with E-state index in [0.717, 1.165) is 51.1 Å². The van der Waals surface area contributed by atoms with Gasteiger partial charge in [0, 0.05) is 12.2 Å². The molecule has 0 aliphatic rings. The molecule has 29 heavy (non-hydrogen) atoms. The smallest absolute Gasteiger partial charge is 0.157 e. The van der Waals surface area contributed by atoms with E-state index in [1.54, 1.807) is 20.1 Å². The summed E-state index contributed by atoms with van der Waals surface area (Å²) >= 11 is 0. The Bertz CT molecular complexity index is 731. The van der Waals surface area contributed by atoms with Crippen molar-refractivity contribution in [3.8, 4) is 17.2 Å². The third-order valence-electron chi connectivity index (χ3n) is 4.92. The van der Waals surface area contributed by atoms with Gasteiger partial charge in [-0.3, -0.25) is 5.32 Å². The van der Waals surface area contributed by atoms with E-state index in [9.17, 15) is 15.3 Å². The Balaban J connectivity index is 1.50. The first kappa shape index (κ1) is 23.0. The van der Waals surface area contributed by atoms with E-state index in [1.807, 2.05) is 12.1 Å². The van der Waals surface area contributed by atoms with Crippen LogP contribution in [-0.2, 0) is 16.9 Å². The number of aliphatic hydroxyl groups is 1. The summed E-state index contributed by atoms with van der Waals surface area (Å²) in [5.41, 5.74) is 0.499. The minimum Gasteiger partial charge on any atom is -0.504 e. The van der Waals surface area contributed by atoms with Gasteiger partial charge in [0.05, 0.1) is 13.7 Å². The lowest BCUT2D eigenvalue weighted by Gasteiger charge is -2.25. The van der Waals surface area contributed by atoms with Crippen molar-refractivity contribution in [1.82, 2.24) is 5.32 Å². The lowest BCUT2D eigenvalue weighted by atomic mass is 10.0. The Kier molecular flexibility index (Phi) is 9.25. The summed E-state index contributed by atoms with van der Waals surface area (Å²) in [5.74, 6) is 0.430. The fourth-order valence-corrected chi connectivity index (χ4v) is 3.03. The maximum absolute atomic E-state index is 10.5. The number of methoxy groups -OCH3 is 1. The maximum atomic E-state index is 10.5. The number of aromatic hydroxyl groups is 2. The molecule has 1 unspecified atom stereocenters. The van der Waals surface area contributed by atoms with Crippen molar-refractivity contribution < 1.29 is 24.8 Å². The zero-order valence-corrected chi connectivity index (χ0v) is 17.4. The van der Waals surface area contributed by atoms with E-state index in [1.165, 1.54) is 17.7 Å². The molecule has 6 nitrogen and oxygen atoms in total. The third kappa shape index (κ3) is 7.93. The second-order valence-corrected chi connectivity index (χ2v) is 7.33. The highest BCUT2D eigenvalue weighted by Gasteiger charge is 2.22. The number of phenols is 2. The van der Waals surface area contributed by atoms with E-state index in [4.69, 9.17) is 9.47 Å². The number of phenolic OH excluding ortho intramolecular Hbond substituents is 2. The fraction of sp³-hybridized carbons (Fsp3) is 0.478.